The number of ether oxygens (including phenoxy) is 2. The molecule has 1 spiro atoms. The summed E-state index contributed by atoms with van der Waals surface area (Å²) in [5, 5.41) is 0. The highest BCUT2D eigenvalue weighted by Gasteiger charge is 2.70. The lowest BCUT2D eigenvalue weighted by molar-refractivity contribution is -0.217. The molecule has 4 heteroatoms. The molecular weight excluding hydrogens is 352 g/mol. The first-order valence-corrected chi connectivity index (χ1v) is 11.4. The SMILES string of the molecule is CC(=O)OC[C@@]1(C)CCC[C@]2(C)[C@@H]1CC[C@@]13CC[C@@](C)(CC[C@H]12)C3OC(C)=O. The van der Waals surface area contributed by atoms with Gasteiger partial charge in [0.1, 0.15) is 6.10 Å². The predicted molar refractivity (Wildman–Crippen MR) is 107 cm³/mol. The molecule has 0 aromatic heterocycles. The van der Waals surface area contributed by atoms with Crippen LogP contribution in [0.15, 0.2) is 0 Å². The molecule has 4 rings (SSSR count). The van der Waals surface area contributed by atoms with Gasteiger partial charge in [-0.3, -0.25) is 9.59 Å². The Kier molecular flexibility index (Phi) is 4.67. The zero-order chi connectivity index (χ0) is 20.4. The molecule has 0 aromatic rings. The third kappa shape index (κ3) is 2.76. The van der Waals surface area contributed by atoms with E-state index >= 15 is 0 Å². The summed E-state index contributed by atoms with van der Waals surface area (Å²) in [7, 11) is 0. The predicted octanol–water partition coefficient (Wildman–Crippen LogP) is 5.28. The lowest BCUT2D eigenvalue weighted by atomic mass is 9.40. The van der Waals surface area contributed by atoms with Gasteiger partial charge in [-0.15, -0.1) is 0 Å². The fourth-order valence-electron chi connectivity index (χ4n) is 8.66. The quantitative estimate of drug-likeness (QED) is 0.615. The van der Waals surface area contributed by atoms with Crippen molar-refractivity contribution >= 4 is 11.9 Å². The summed E-state index contributed by atoms with van der Waals surface area (Å²) in [6, 6.07) is 0. The van der Waals surface area contributed by atoms with Gasteiger partial charge >= 0.3 is 11.9 Å². The minimum absolute atomic E-state index is 0.0660. The second-order valence-electron chi connectivity index (χ2n) is 11.4. The van der Waals surface area contributed by atoms with E-state index in [1.807, 2.05) is 0 Å². The van der Waals surface area contributed by atoms with E-state index in [2.05, 4.69) is 20.8 Å². The molecule has 0 aliphatic heterocycles. The maximum absolute atomic E-state index is 12.0. The van der Waals surface area contributed by atoms with Gasteiger partial charge in [-0.2, -0.15) is 0 Å². The van der Waals surface area contributed by atoms with Crippen molar-refractivity contribution in [2.24, 2.45) is 33.5 Å². The summed E-state index contributed by atoms with van der Waals surface area (Å²) in [5.41, 5.74) is 0.622. The van der Waals surface area contributed by atoms with Crippen molar-refractivity contribution < 1.29 is 19.1 Å². The van der Waals surface area contributed by atoms with E-state index in [-0.39, 0.29) is 39.7 Å². The van der Waals surface area contributed by atoms with Crippen molar-refractivity contribution in [1.29, 1.82) is 0 Å². The summed E-state index contributed by atoms with van der Waals surface area (Å²) in [6.45, 7) is 10.9. The number of hydrogen-bond donors (Lipinski definition) is 0. The number of esters is 2. The molecule has 0 N–H and O–H groups in total. The van der Waals surface area contributed by atoms with Crippen LogP contribution in [-0.2, 0) is 19.1 Å². The van der Waals surface area contributed by atoms with Crippen LogP contribution in [0.1, 0.15) is 92.4 Å². The molecule has 7 atom stereocenters. The molecule has 4 nitrogen and oxygen atoms in total. The van der Waals surface area contributed by atoms with E-state index in [9.17, 15) is 9.59 Å². The molecule has 158 valence electrons. The number of carbonyl (C=O) groups excluding carboxylic acids is 2. The van der Waals surface area contributed by atoms with Gasteiger partial charge in [-0.1, -0.05) is 27.2 Å². The molecule has 0 heterocycles. The topological polar surface area (TPSA) is 52.6 Å². The largest absolute Gasteiger partial charge is 0.465 e. The van der Waals surface area contributed by atoms with Crippen LogP contribution < -0.4 is 0 Å². The maximum atomic E-state index is 12.0. The van der Waals surface area contributed by atoms with E-state index in [1.54, 1.807) is 6.92 Å². The zero-order valence-corrected chi connectivity index (χ0v) is 18.4. The molecule has 28 heavy (non-hydrogen) atoms. The van der Waals surface area contributed by atoms with Gasteiger partial charge in [-0.05, 0) is 68.6 Å². The van der Waals surface area contributed by atoms with Crippen LogP contribution in [0.5, 0.6) is 0 Å². The highest BCUT2D eigenvalue weighted by molar-refractivity contribution is 5.66. The lowest BCUT2D eigenvalue weighted by Crippen LogP contribution is -2.62. The fraction of sp³-hybridized carbons (Fsp3) is 0.917. The molecule has 4 saturated carbocycles. The maximum Gasteiger partial charge on any atom is 0.302 e. The Morgan fingerprint density at radius 3 is 2.25 bits per heavy atom. The normalized spacial score (nSPS) is 49.7. The van der Waals surface area contributed by atoms with Gasteiger partial charge in [-0.25, -0.2) is 0 Å². The molecule has 0 aromatic carbocycles. The molecule has 4 aliphatic carbocycles. The third-order valence-electron chi connectivity index (χ3n) is 9.70. The van der Waals surface area contributed by atoms with Crippen LogP contribution in [0.2, 0.25) is 0 Å². The molecule has 0 saturated heterocycles. The minimum atomic E-state index is -0.167. The van der Waals surface area contributed by atoms with Crippen LogP contribution >= 0.6 is 0 Å². The number of hydrogen-bond acceptors (Lipinski definition) is 4. The zero-order valence-electron chi connectivity index (χ0n) is 18.4. The van der Waals surface area contributed by atoms with Gasteiger partial charge in [0.15, 0.2) is 0 Å². The Hall–Kier alpha value is -1.06. The standard InChI is InChI=1S/C24H38O4/c1-16(25)27-15-22(4)9-6-10-23(5)18(22)8-12-24-14-13-21(3,11-7-19(23)24)20(24)28-17(2)26/h18-20H,6-15H2,1-5H3/t18-,19+,20?,21-,22-,23-,24-/m1/s1. The molecule has 0 amide bonds. The van der Waals surface area contributed by atoms with Gasteiger partial charge in [0.2, 0.25) is 0 Å². The average molecular weight is 391 g/mol. The first-order valence-electron chi connectivity index (χ1n) is 11.4. The summed E-state index contributed by atoms with van der Waals surface area (Å²) in [6.07, 6.45) is 10.8. The van der Waals surface area contributed by atoms with Crippen molar-refractivity contribution in [3.8, 4) is 0 Å². The Labute approximate surface area is 170 Å². The van der Waals surface area contributed by atoms with Gasteiger partial charge in [0.05, 0.1) is 6.61 Å². The van der Waals surface area contributed by atoms with E-state index in [0.29, 0.717) is 18.4 Å². The van der Waals surface area contributed by atoms with Gasteiger partial charge in [0.25, 0.3) is 0 Å². The lowest BCUT2D eigenvalue weighted by Gasteiger charge is -2.66. The Balaban J connectivity index is 1.68. The Bertz CT molecular complexity index is 674. The van der Waals surface area contributed by atoms with Crippen molar-refractivity contribution in [2.75, 3.05) is 6.61 Å². The molecule has 4 aliphatic rings. The van der Waals surface area contributed by atoms with Crippen LogP contribution in [0.25, 0.3) is 0 Å². The van der Waals surface area contributed by atoms with E-state index in [0.717, 1.165) is 12.8 Å². The van der Waals surface area contributed by atoms with E-state index in [4.69, 9.17) is 9.47 Å². The summed E-state index contributed by atoms with van der Waals surface area (Å²) in [4.78, 5) is 23.5. The van der Waals surface area contributed by atoms with Crippen molar-refractivity contribution in [3.05, 3.63) is 0 Å². The Morgan fingerprint density at radius 2 is 1.57 bits per heavy atom. The van der Waals surface area contributed by atoms with E-state index in [1.165, 1.54) is 51.9 Å². The van der Waals surface area contributed by atoms with Crippen molar-refractivity contribution in [3.63, 3.8) is 0 Å². The average Bonchev–Trinajstić information content (AvgIpc) is 2.76. The first kappa shape index (κ1) is 20.2. The monoisotopic (exact) mass is 390 g/mol. The van der Waals surface area contributed by atoms with Crippen LogP contribution in [0.4, 0.5) is 0 Å². The smallest absolute Gasteiger partial charge is 0.302 e. The molecule has 1 unspecified atom stereocenters. The third-order valence-corrected chi connectivity index (χ3v) is 9.70. The number of rotatable bonds is 3. The Morgan fingerprint density at radius 1 is 0.857 bits per heavy atom. The van der Waals surface area contributed by atoms with Crippen molar-refractivity contribution in [2.45, 2.75) is 98.5 Å². The molecule has 4 fully saturated rings. The molecule has 2 bridgehead atoms. The van der Waals surface area contributed by atoms with Crippen LogP contribution in [-0.4, -0.2) is 24.6 Å². The van der Waals surface area contributed by atoms with Crippen LogP contribution in [0.3, 0.4) is 0 Å². The second kappa shape index (κ2) is 6.47. The first-order chi connectivity index (χ1) is 13.1. The summed E-state index contributed by atoms with van der Waals surface area (Å²) >= 11 is 0. The fourth-order valence-corrected chi connectivity index (χ4v) is 8.66. The highest BCUT2D eigenvalue weighted by atomic mass is 16.5. The van der Waals surface area contributed by atoms with Gasteiger partial charge < -0.3 is 9.47 Å². The summed E-state index contributed by atoms with van der Waals surface area (Å²) < 4.78 is 11.6. The number of fused-ring (bicyclic) bond motifs is 3. The highest BCUT2D eigenvalue weighted by Crippen LogP contribution is 2.74. The number of carbonyl (C=O) groups is 2. The van der Waals surface area contributed by atoms with Crippen molar-refractivity contribution in [1.82, 2.24) is 0 Å². The van der Waals surface area contributed by atoms with Gasteiger partial charge in [0, 0.05) is 30.1 Å². The molecule has 0 radical (unpaired) electrons. The van der Waals surface area contributed by atoms with Crippen LogP contribution in [0, 0.1) is 33.5 Å². The summed E-state index contributed by atoms with van der Waals surface area (Å²) in [5.74, 6) is 0.899. The van der Waals surface area contributed by atoms with E-state index < -0.39 is 0 Å². The second-order valence-corrected chi connectivity index (χ2v) is 11.4. The molecular formula is C24H38O4. The minimum Gasteiger partial charge on any atom is -0.465 e.